The van der Waals surface area contributed by atoms with Crippen LogP contribution in [0.1, 0.15) is 6.42 Å². The maximum absolute atomic E-state index is 8.69. The monoisotopic (exact) mass is 190 g/mol. The summed E-state index contributed by atoms with van der Waals surface area (Å²) in [5.74, 6) is 0. The second-order valence-electron chi connectivity index (χ2n) is 2.94. The molecule has 12 heavy (non-hydrogen) atoms. The summed E-state index contributed by atoms with van der Waals surface area (Å²) in [7, 11) is -3.80. The summed E-state index contributed by atoms with van der Waals surface area (Å²) in [6.45, 7) is 2.46. The van der Waals surface area contributed by atoms with E-state index in [4.69, 9.17) is 14.4 Å². The maximum Gasteiger partial charge on any atom is 0.492 e. The van der Waals surface area contributed by atoms with Crippen LogP contribution >= 0.6 is 0 Å². The van der Waals surface area contributed by atoms with Gasteiger partial charge in [-0.1, -0.05) is 0 Å². The molecule has 1 heterocycles. The Kier molecular flexibility index (Phi) is 3.21. The molecule has 1 aliphatic rings. The molecule has 0 aliphatic carbocycles. The average molecular weight is 190 g/mol. The predicted molar refractivity (Wildman–Crippen MR) is 46.8 cm³/mol. The molecular formula is C6H14N2O3Si. The van der Waals surface area contributed by atoms with Gasteiger partial charge in [0.2, 0.25) is 0 Å². The Morgan fingerprint density at radius 2 is 2.17 bits per heavy atom. The fraction of sp³-hybridized carbons (Fsp3) is 0.833. The van der Waals surface area contributed by atoms with E-state index in [0.29, 0.717) is 6.42 Å². The largest absolute Gasteiger partial charge is 0.492 e. The van der Waals surface area contributed by atoms with Crippen molar-refractivity contribution in [2.24, 2.45) is 4.99 Å². The van der Waals surface area contributed by atoms with E-state index in [-0.39, 0.29) is 6.04 Å². The Balaban J connectivity index is 2.06. The van der Waals surface area contributed by atoms with Crippen LogP contribution in [0.5, 0.6) is 0 Å². The van der Waals surface area contributed by atoms with Crippen molar-refractivity contribution in [1.82, 2.24) is 4.90 Å². The summed E-state index contributed by atoms with van der Waals surface area (Å²) in [6, 6.07) is 0.108. The van der Waals surface area contributed by atoms with Gasteiger partial charge in [0.05, 0.1) is 12.9 Å². The van der Waals surface area contributed by atoms with Crippen LogP contribution in [0.25, 0.3) is 0 Å². The Bertz CT molecular complexity index is 169. The summed E-state index contributed by atoms with van der Waals surface area (Å²) < 4.78 is 0. The summed E-state index contributed by atoms with van der Waals surface area (Å²) >= 11 is 0. The van der Waals surface area contributed by atoms with E-state index in [2.05, 4.69) is 4.99 Å². The molecule has 0 saturated heterocycles. The van der Waals surface area contributed by atoms with Gasteiger partial charge in [-0.15, -0.1) is 0 Å². The lowest BCUT2D eigenvalue weighted by Crippen LogP contribution is -2.35. The van der Waals surface area contributed by atoms with Gasteiger partial charge in [-0.25, -0.2) is 0 Å². The molecule has 0 atom stereocenters. The lowest BCUT2D eigenvalue weighted by atomic mass is 10.4. The zero-order chi connectivity index (χ0) is 9.03. The first-order chi connectivity index (χ1) is 5.58. The smallest absolute Gasteiger partial charge is 0.390 e. The zero-order valence-corrected chi connectivity index (χ0v) is 7.85. The van der Waals surface area contributed by atoms with Gasteiger partial charge in [0, 0.05) is 19.1 Å². The summed E-state index contributed by atoms with van der Waals surface area (Å²) in [5, 5.41) is 0. The highest BCUT2D eigenvalue weighted by Gasteiger charge is 2.25. The molecule has 0 unspecified atom stereocenters. The normalized spacial score (nSPS) is 17.4. The summed E-state index contributed by atoms with van der Waals surface area (Å²) in [5.41, 5.74) is 0. The predicted octanol–water partition coefficient (Wildman–Crippen LogP) is -1.36. The molecule has 0 saturated carbocycles. The van der Waals surface area contributed by atoms with Crippen LogP contribution in [0.4, 0.5) is 0 Å². The van der Waals surface area contributed by atoms with Crippen LogP contribution in [0.15, 0.2) is 4.99 Å². The van der Waals surface area contributed by atoms with Crippen LogP contribution < -0.4 is 0 Å². The molecule has 3 N–H and O–H groups in total. The standard InChI is InChI=1S/C6H14N2O3Si/c9-12(10,11)5-1-3-8-4-2-7-6-8/h6,9-11H,1-5H2. The minimum Gasteiger partial charge on any atom is -0.390 e. The topological polar surface area (TPSA) is 76.3 Å². The SMILES string of the molecule is O[Si](O)(O)CCCN1C=NCC1. The Morgan fingerprint density at radius 3 is 2.67 bits per heavy atom. The first-order valence-electron chi connectivity index (χ1n) is 3.99. The zero-order valence-electron chi connectivity index (χ0n) is 6.85. The molecule has 0 spiro atoms. The maximum atomic E-state index is 8.69. The van der Waals surface area contributed by atoms with Gasteiger partial charge < -0.3 is 19.3 Å². The van der Waals surface area contributed by atoms with Gasteiger partial charge in [-0.2, -0.15) is 0 Å². The molecule has 5 nitrogen and oxygen atoms in total. The van der Waals surface area contributed by atoms with Crippen molar-refractivity contribution >= 4 is 15.1 Å². The summed E-state index contributed by atoms with van der Waals surface area (Å²) in [6.07, 6.45) is 2.36. The first-order valence-corrected chi connectivity index (χ1v) is 6.04. The number of hydrogen-bond donors (Lipinski definition) is 3. The molecule has 6 heteroatoms. The van der Waals surface area contributed by atoms with Crippen molar-refractivity contribution in [3.8, 4) is 0 Å². The van der Waals surface area contributed by atoms with E-state index in [0.717, 1.165) is 19.6 Å². The summed E-state index contributed by atoms with van der Waals surface area (Å²) in [4.78, 5) is 32.1. The number of aliphatic imine (C=N–C) groups is 1. The Labute approximate surface area is 72.3 Å². The third-order valence-corrected chi connectivity index (χ3v) is 2.74. The lowest BCUT2D eigenvalue weighted by molar-refractivity contribution is 0.225. The molecule has 0 amide bonds. The molecule has 0 aromatic carbocycles. The second-order valence-corrected chi connectivity index (χ2v) is 4.98. The highest BCUT2D eigenvalue weighted by Crippen LogP contribution is 2.03. The van der Waals surface area contributed by atoms with E-state index in [1.165, 1.54) is 0 Å². The first kappa shape index (κ1) is 9.65. The van der Waals surface area contributed by atoms with Crippen molar-refractivity contribution in [2.45, 2.75) is 12.5 Å². The minimum atomic E-state index is -3.80. The molecule has 70 valence electrons. The molecule has 0 aromatic heterocycles. The van der Waals surface area contributed by atoms with E-state index in [1.54, 1.807) is 6.34 Å². The molecule has 0 aromatic rings. The third-order valence-electron chi connectivity index (χ3n) is 1.72. The third kappa shape index (κ3) is 3.81. The fourth-order valence-corrected chi connectivity index (χ4v) is 1.74. The Morgan fingerprint density at radius 1 is 1.42 bits per heavy atom. The van der Waals surface area contributed by atoms with Gasteiger partial charge >= 0.3 is 8.80 Å². The highest BCUT2D eigenvalue weighted by molar-refractivity contribution is 6.56. The molecule has 1 rings (SSSR count). The number of nitrogens with zero attached hydrogens (tertiary/aromatic N) is 2. The van der Waals surface area contributed by atoms with Gasteiger partial charge in [0.15, 0.2) is 0 Å². The van der Waals surface area contributed by atoms with Crippen LogP contribution in [0.3, 0.4) is 0 Å². The van der Waals surface area contributed by atoms with Crippen molar-refractivity contribution in [1.29, 1.82) is 0 Å². The molecular weight excluding hydrogens is 176 g/mol. The van der Waals surface area contributed by atoms with Crippen molar-refractivity contribution < 1.29 is 14.4 Å². The van der Waals surface area contributed by atoms with Gasteiger partial charge in [0.1, 0.15) is 0 Å². The fourth-order valence-electron chi connectivity index (χ4n) is 1.11. The lowest BCUT2D eigenvalue weighted by Gasteiger charge is -2.14. The molecule has 0 fully saturated rings. The van der Waals surface area contributed by atoms with Crippen molar-refractivity contribution in [3.63, 3.8) is 0 Å². The number of rotatable bonds is 4. The van der Waals surface area contributed by atoms with Crippen LogP contribution in [0.2, 0.25) is 6.04 Å². The second kappa shape index (κ2) is 3.99. The van der Waals surface area contributed by atoms with Crippen molar-refractivity contribution in [3.05, 3.63) is 0 Å². The Hall–Kier alpha value is -0.433. The minimum absolute atomic E-state index is 0.108. The van der Waals surface area contributed by atoms with Gasteiger partial charge in [0.25, 0.3) is 0 Å². The van der Waals surface area contributed by atoms with Crippen LogP contribution in [0, 0.1) is 0 Å². The van der Waals surface area contributed by atoms with E-state index < -0.39 is 8.80 Å². The molecule has 0 radical (unpaired) electrons. The van der Waals surface area contributed by atoms with Crippen LogP contribution in [-0.4, -0.2) is 54.1 Å². The van der Waals surface area contributed by atoms with E-state index in [9.17, 15) is 0 Å². The van der Waals surface area contributed by atoms with E-state index >= 15 is 0 Å². The molecule has 0 bridgehead atoms. The van der Waals surface area contributed by atoms with Crippen molar-refractivity contribution in [2.75, 3.05) is 19.6 Å². The number of hydrogen-bond acceptors (Lipinski definition) is 5. The van der Waals surface area contributed by atoms with Gasteiger partial charge in [-0.3, -0.25) is 4.99 Å². The average Bonchev–Trinajstić information content (AvgIpc) is 2.36. The van der Waals surface area contributed by atoms with E-state index in [1.807, 2.05) is 4.90 Å². The molecule has 1 aliphatic heterocycles. The van der Waals surface area contributed by atoms with Gasteiger partial charge in [-0.05, 0) is 6.42 Å². The van der Waals surface area contributed by atoms with Crippen LogP contribution in [-0.2, 0) is 0 Å². The quantitative estimate of drug-likeness (QED) is 0.478. The highest BCUT2D eigenvalue weighted by atomic mass is 28.4.